The minimum Gasteiger partial charge on any atom is -0.365 e. The second-order valence-electron chi connectivity index (χ2n) is 4.57. The average Bonchev–Trinajstić information content (AvgIpc) is 2.83. The van der Waals surface area contributed by atoms with Gasteiger partial charge in [-0.1, -0.05) is 0 Å². The summed E-state index contributed by atoms with van der Waals surface area (Å²) in [4.78, 5) is 0. The molecule has 0 aromatic carbocycles. The maximum absolute atomic E-state index is 12.8. The normalized spacial score (nSPS) is 20.2. The lowest BCUT2D eigenvalue weighted by molar-refractivity contribution is -0.146. The van der Waals surface area contributed by atoms with Gasteiger partial charge in [-0.2, -0.15) is 29.4 Å². The van der Waals surface area contributed by atoms with Gasteiger partial charge in [0, 0.05) is 11.8 Å². The first-order valence-electron chi connectivity index (χ1n) is 6.18. The number of nitrogens with zero attached hydrogens (tertiary/aromatic N) is 4. The number of nitrogens with one attached hydrogen (secondary N) is 1. The fourth-order valence-corrected chi connectivity index (χ4v) is 3.18. The van der Waals surface area contributed by atoms with Crippen LogP contribution >= 0.6 is 11.8 Å². The topological polar surface area (TPSA) is 55.1 Å². The summed E-state index contributed by atoms with van der Waals surface area (Å²) in [5.41, 5.74) is 0.0842. The number of hydrogen-bond donors (Lipinski definition) is 1. The predicted octanol–water partition coefficient (Wildman–Crippen LogP) is 2.45. The Balaban J connectivity index is 1.89. The standard InChI is InChI=1S/C11H12F3N5S/c12-11(13,14)10-17-16-9-4-3-8(18-19(9)10)15-7-2-1-5-20-6-7/h3-4,7H,1-2,5-6H2,(H,15,18). The Labute approximate surface area is 116 Å². The monoisotopic (exact) mass is 303 g/mol. The molecular weight excluding hydrogens is 291 g/mol. The number of thioether (sulfide) groups is 1. The van der Waals surface area contributed by atoms with Gasteiger partial charge >= 0.3 is 6.18 Å². The van der Waals surface area contributed by atoms with Gasteiger partial charge in [0.05, 0.1) is 0 Å². The van der Waals surface area contributed by atoms with Crippen molar-refractivity contribution in [2.45, 2.75) is 25.1 Å². The SMILES string of the molecule is FC(F)(F)c1nnc2ccc(NC3CCCSC3)nn12. The van der Waals surface area contributed by atoms with Gasteiger partial charge in [0.25, 0.3) is 5.82 Å². The molecule has 1 fully saturated rings. The zero-order chi connectivity index (χ0) is 14.2. The van der Waals surface area contributed by atoms with E-state index in [0.717, 1.165) is 28.9 Å². The van der Waals surface area contributed by atoms with Crippen molar-refractivity contribution in [3.8, 4) is 0 Å². The van der Waals surface area contributed by atoms with E-state index < -0.39 is 12.0 Å². The Bertz CT molecular complexity index is 606. The van der Waals surface area contributed by atoms with Crippen LogP contribution in [0.4, 0.5) is 19.0 Å². The number of fused-ring (bicyclic) bond motifs is 1. The minimum atomic E-state index is -4.56. The van der Waals surface area contributed by atoms with Crippen LogP contribution in [0, 0.1) is 0 Å². The molecule has 108 valence electrons. The van der Waals surface area contributed by atoms with E-state index >= 15 is 0 Å². The summed E-state index contributed by atoms with van der Waals surface area (Å²) in [5, 5.41) is 13.7. The molecule has 9 heteroatoms. The van der Waals surface area contributed by atoms with Crippen LogP contribution in [0.15, 0.2) is 12.1 Å². The van der Waals surface area contributed by atoms with E-state index in [9.17, 15) is 13.2 Å². The molecule has 0 saturated carbocycles. The zero-order valence-corrected chi connectivity index (χ0v) is 11.2. The van der Waals surface area contributed by atoms with Gasteiger partial charge in [-0.05, 0) is 30.7 Å². The minimum absolute atomic E-state index is 0.0842. The van der Waals surface area contributed by atoms with Crippen molar-refractivity contribution in [2.75, 3.05) is 16.8 Å². The molecule has 1 saturated heterocycles. The van der Waals surface area contributed by atoms with Crippen LogP contribution in [0.1, 0.15) is 18.7 Å². The highest BCUT2D eigenvalue weighted by Crippen LogP contribution is 2.28. The van der Waals surface area contributed by atoms with E-state index in [2.05, 4.69) is 20.6 Å². The predicted molar refractivity (Wildman–Crippen MR) is 69.8 cm³/mol. The van der Waals surface area contributed by atoms with Gasteiger partial charge in [0.1, 0.15) is 5.82 Å². The molecule has 1 unspecified atom stereocenters. The molecule has 1 N–H and O–H groups in total. The lowest BCUT2D eigenvalue weighted by Crippen LogP contribution is -2.26. The molecule has 0 spiro atoms. The van der Waals surface area contributed by atoms with Crippen molar-refractivity contribution in [2.24, 2.45) is 0 Å². The molecule has 0 amide bonds. The van der Waals surface area contributed by atoms with Crippen LogP contribution in [0.5, 0.6) is 0 Å². The molecule has 5 nitrogen and oxygen atoms in total. The molecule has 1 atom stereocenters. The number of anilines is 1. The summed E-state index contributed by atoms with van der Waals surface area (Å²) in [7, 11) is 0. The molecule has 2 aromatic rings. The fraction of sp³-hybridized carbons (Fsp3) is 0.545. The highest BCUT2D eigenvalue weighted by atomic mass is 32.2. The highest BCUT2D eigenvalue weighted by Gasteiger charge is 2.37. The summed E-state index contributed by atoms with van der Waals surface area (Å²) < 4.78 is 39.0. The van der Waals surface area contributed by atoms with E-state index in [-0.39, 0.29) is 11.7 Å². The quantitative estimate of drug-likeness (QED) is 0.923. The maximum atomic E-state index is 12.8. The number of rotatable bonds is 2. The molecule has 20 heavy (non-hydrogen) atoms. The Morgan fingerprint density at radius 2 is 2.15 bits per heavy atom. The third-order valence-electron chi connectivity index (χ3n) is 3.03. The highest BCUT2D eigenvalue weighted by molar-refractivity contribution is 7.99. The second-order valence-corrected chi connectivity index (χ2v) is 5.72. The van der Waals surface area contributed by atoms with Crippen LogP contribution in [0.25, 0.3) is 5.65 Å². The maximum Gasteiger partial charge on any atom is 0.453 e. The van der Waals surface area contributed by atoms with E-state index in [1.807, 2.05) is 11.8 Å². The molecule has 1 aliphatic heterocycles. The Morgan fingerprint density at radius 3 is 2.85 bits per heavy atom. The van der Waals surface area contributed by atoms with Gasteiger partial charge in [-0.3, -0.25) is 0 Å². The van der Waals surface area contributed by atoms with Crippen molar-refractivity contribution in [3.63, 3.8) is 0 Å². The van der Waals surface area contributed by atoms with E-state index in [1.54, 1.807) is 6.07 Å². The first kappa shape index (κ1) is 13.5. The van der Waals surface area contributed by atoms with Crippen LogP contribution in [0.3, 0.4) is 0 Å². The largest absolute Gasteiger partial charge is 0.453 e. The number of halogens is 3. The van der Waals surface area contributed by atoms with Crippen molar-refractivity contribution in [3.05, 3.63) is 18.0 Å². The number of hydrogen-bond acceptors (Lipinski definition) is 5. The lowest BCUT2D eigenvalue weighted by atomic mass is 10.2. The molecule has 0 radical (unpaired) electrons. The molecule has 3 heterocycles. The zero-order valence-electron chi connectivity index (χ0n) is 10.4. The third-order valence-corrected chi connectivity index (χ3v) is 4.24. The summed E-state index contributed by atoms with van der Waals surface area (Å²) >= 11 is 1.83. The van der Waals surface area contributed by atoms with Crippen LogP contribution in [-0.2, 0) is 6.18 Å². The van der Waals surface area contributed by atoms with Gasteiger partial charge in [0.15, 0.2) is 5.65 Å². The summed E-state index contributed by atoms with van der Waals surface area (Å²) in [6.07, 6.45) is -2.46. The summed E-state index contributed by atoms with van der Waals surface area (Å²) in [5.74, 6) is 1.38. The van der Waals surface area contributed by atoms with Crippen molar-refractivity contribution in [1.82, 2.24) is 19.8 Å². The van der Waals surface area contributed by atoms with E-state index in [0.29, 0.717) is 5.82 Å². The van der Waals surface area contributed by atoms with Crippen molar-refractivity contribution < 1.29 is 13.2 Å². The van der Waals surface area contributed by atoms with Gasteiger partial charge in [-0.25, -0.2) is 0 Å². The van der Waals surface area contributed by atoms with Crippen LogP contribution in [-0.4, -0.2) is 37.4 Å². The van der Waals surface area contributed by atoms with Gasteiger partial charge in [0.2, 0.25) is 0 Å². The number of alkyl halides is 3. The Hall–Kier alpha value is -1.51. The number of aromatic nitrogens is 4. The summed E-state index contributed by atoms with van der Waals surface area (Å²) in [6.45, 7) is 0. The Kier molecular flexibility index (Phi) is 3.45. The molecule has 1 aliphatic rings. The van der Waals surface area contributed by atoms with E-state index in [1.165, 1.54) is 6.07 Å². The lowest BCUT2D eigenvalue weighted by Gasteiger charge is -2.22. The fourth-order valence-electron chi connectivity index (χ4n) is 2.11. The Morgan fingerprint density at radius 1 is 1.30 bits per heavy atom. The van der Waals surface area contributed by atoms with Gasteiger partial charge < -0.3 is 5.32 Å². The molecule has 3 rings (SSSR count). The summed E-state index contributed by atoms with van der Waals surface area (Å²) in [6, 6.07) is 3.35. The molecule has 2 aromatic heterocycles. The molecular formula is C11H12F3N5S. The van der Waals surface area contributed by atoms with Gasteiger partial charge in [-0.15, -0.1) is 15.3 Å². The molecule has 0 aliphatic carbocycles. The third kappa shape index (κ3) is 2.67. The smallest absolute Gasteiger partial charge is 0.365 e. The first-order valence-corrected chi connectivity index (χ1v) is 7.33. The van der Waals surface area contributed by atoms with Crippen molar-refractivity contribution >= 4 is 23.2 Å². The first-order chi connectivity index (χ1) is 9.54. The molecule has 0 bridgehead atoms. The van der Waals surface area contributed by atoms with Crippen LogP contribution < -0.4 is 5.32 Å². The second kappa shape index (κ2) is 5.12. The van der Waals surface area contributed by atoms with Crippen LogP contribution in [0.2, 0.25) is 0 Å². The van der Waals surface area contributed by atoms with Crippen molar-refractivity contribution in [1.29, 1.82) is 0 Å². The van der Waals surface area contributed by atoms with E-state index in [4.69, 9.17) is 0 Å². The average molecular weight is 303 g/mol.